The van der Waals surface area contributed by atoms with E-state index in [2.05, 4.69) is 0 Å². The Balaban J connectivity index is 2.53. The molecule has 1 aromatic carbocycles. The van der Waals surface area contributed by atoms with E-state index in [0.29, 0.717) is 23.8 Å². The van der Waals surface area contributed by atoms with E-state index in [4.69, 9.17) is 16.3 Å². The first-order chi connectivity index (χ1) is 7.37. The third kappa shape index (κ3) is 1.63. The Kier molecular flexibility index (Phi) is 2.73. The molecule has 2 nitrogen and oxygen atoms in total. The molecule has 0 aromatic heterocycles. The van der Waals surface area contributed by atoms with Crippen molar-refractivity contribution in [3.63, 3.8) is 0 Å². The van der Waals surface area contributed by atoms with Gasteiger partial charge in [-0.1, -0.05) is 11.6 Å². The number of benzene rings is 1. The third-order valence-electron chi connectivity index (χ3n) is 3.31. The van der Waals surface area contributed by atoms with Crippen LogP contribution in [0.15, 0.2) is 18.2 Å². The molecule has 16 heavy (non-hydrogen) atoms. The quantitative estimate of drug-likeness (QED) is 0.866. The molecule has 1 heterocycles. The average molecular weight is 245 g/mol. The number of hydrogen-bond acceptors (Lipinski definition) is 2. The molecule has 1 aliphatic rings. The topological polar surface area (TPSA) is 29.5 Å². The predicted molar refractivity (Wildman–Crippen MR) is 60.2 cm³/mol. The second kappa shape index (κ2) is 3.69. The maximum absolute atomic E-state index is 13.8. The maximum atomic E-state index is 13.8. The molecule has 1 aliphatic heterocycles. The summed E-state index contributed by atoms with van der Waals surface area (Å²) >= 11 is 5.86. The number of halogens is 2. The highest BCUT2D eigenvalue weighted by atomic mass is 35.5. The van der Waals surface area contributed by atoms with Crippen molar-refractivity contribution in [2.45, 2.75) is 24.9 Å². The predicted octanol–water partition coefficient (Wildman–Crippen LogP) is 2.52. The molecule has 1 saturated heterocycles. The monoisotopic (exact) mass is 244 g/mol. The summed E-state index contributed by atoms with van der Waals surface area (Å²) in [5.41, 5.74) is -1.31. The van der Waals surface area contributed by atoms with Gasteiger partial charge in [0.2, 0.25) is 0 Å². The van der Waals surface area contributed by atoms with Crippen molar-refractivity contribution in [3.8, 4) is 0 Å². The highest BCUT2D eigenvalue weighted by Crippen LogP contribution is 2.43. The molecule has 0 saturated carbocycles. The number of aliphatic hydroxyl groups is 1. The van der Waals surface area contributed by atoms with E-state index in [1.165, 1.54) is 12.1 Å². The van der Waals surface area contributed by atoms with Gasteiger partial charge in [-0.3, -0.25) is 0 Å². The van der Waals surface area contributed by atoms with Gasteiger partial charge in [0.1, 0.15) is 5.82 Å². The number of ether oxygens (including phenoxy) is 1. The molecule has 1 fully saturated rings. The molecule has 1 N–H and O–H groups in total. The summed E-state index contributed by atoms with van der Waals surface area (Å²) < 4.78 is 18.9. The van der Waals surface area contributed by atoms with Crippen LogP contribution in [0.4, 0.5) is 4.39 Å². The van der Waals surface area contributed by atoms with E-state index < -0.39 is 11.0 Å². The zero-order chi connectivity index (χ0) is 12.0. The van der Waals surface area contributed by atoms with Crippen LogP contribution in [0.25, 0.3) is 0 Å². The zero-order valence-electron chi connectivity index (χ0n) is 9.26. The normalized spacial score (nSPS) is 19.3. The van der Waals surface area contributed by atoms with Crippen molar-refractivity contribution in [1.82, 2.24) is 0 Å². The van der Waals surface area contributed by atoms with Gasteiger partial charge in [-0.2, -0.15) is 0 Å². The smallest absolute Gasteiger partial charge is 0.127 e. The number of hydrogen-bond donors (Lipinski definition) is 1. The first kappa shape index (κ1) is 11.8. The second-order valence-electron chi connectivity index (χ2n) is 4.76. The molecule has 0 atom stereocenters. The standard InChI is InChI=1S/C12H14ClFO2/c1-11(2,15)12(6-16-7-12)9-5-8(13)3-4-10(9)14/h3-5,15H,6-7H2,1-2H3. The van der Waals surface area contributed by atoms with E-state index in [0.717, 1.165) is 0 Å². The Morgan fingerprint density at radius 3 is 2.50 bits per heavy atom. The summed E-state index contributed by atoms with van der Waals surface area (Å²) in [5.74, 6) is -0.352. The van der Waals surface area contributed by atoms with Gasteiger partial charge in [-0.15, -0.1) is 0 Å². The SMILES string of the molecule is CC(C)(O)C1(c2cc(Cl)ccc2F)COC1. The Morgan fingerprint density at radius 2 is 2.06 bits per heavy atom. The molecule has 0 spiro atoms. The lowest BCUT2D eigenvalue weighted by Crippen LogP contribution is -2.61. The summed E-state index contributed by atoms with van der Waals surface area (Å²) in [4.78, 5) is 0. The molecule has 0 amide bonds. The van der Waals surface area contributed by atoms with Crippen LogP contribution in [0.5, 0.6) is 0 Å². The first-order valence-electron chi connectivity index (χ1n) is 5.12. The van der Waals surface area contributed by atoms with Crippen molar-refractivity contribution in [3.05, 3.63) is 34.6 Å². The number of rotatable bonds is 2. The van der Waals surface area contributed by atoms with Crippen LogP contribution < -0.4 is 0 Å². The van der Waals surface area contributed by atoms with Gasteiger partial charge in [0.05, 0.1) is 24.2 Å². The summed E-state index contributed by atoms with van der Waals surface area (Å²) in [5, 5.41) is 10.6. The van der Waals surface area contributed by atoms with Crippen LogP contribution in [-0.4, -0.2) is 23.9 Å². The van der Waals surface area contributed by atoms with Gasteiger partial charge in [0, 0.05) is 10.6 Å². The molecule has 0 radical (unpaired) electrons. The van der Waals surface area contributed by atoms with Crippen LogP contribution in [0, 0.1) is 5.82 Å². The van der Waals surface area contributed by atoms with Crippen LogP contribution in [0.3, 0.4) is 0 Å². The fourth-order valence-corrected chi connectivity index (χ4v) is 2.18. The van der Waals surface area contributed by atoms with Gasteiger partial charge in [0.25, 0.3) is 0 Å². The zero-order valence-corrected chi connectivity index (χ0v) is 10.0. The summed E-state index contributed by atoms with van der Waals surface area (Å²) in [6.45, 7) is 3.95. The van der Waals surface area contributed by atoms with E-state index in [9.17, 15) is 9.50 Å². The van der Waals surface area contributed by atoms with Crippen molar-refractivity contribution in [2.24, 2.45) is 0 Å². The minimum Gasteiger partial charge on any atom is -0.389 e. The second-order valence-corrected chi connectivity index (χ2v) is 5.19. The van der Waals surface area contributed by atoms with Gasteiger partial charge in [-0.25, -0.2) is 4.39 Å². The molecule has 1 aromatic rings. The van der Waals surface area contributed by atoms with Crippen LogP contribution in [0.1, 0.15) is 19.4 Å². The summed E-state index contributed by atoms with van der Waals surface area (Å²) in [6, 6.07) is 4.39. The Labute approximate surface area is 99.0 Å². The minimum atomic E-state index is -1.04. The van der Waals surface area contributed by atoms with E-state index >= 15 is 0 Å². The fourth-order valence-electron chi connectivity index (χ4n) is 2.01. The molecule has 0 unspecified atom stereocenters. The van der Waals surface area contributed by atoms with Crippen molar-refractivity contribution in [2.75, 3.05) is 13.2 Å². The van der Waals surface area contributed by atoms with Crippen molar-refractivity contribution < 1.29 is 14.2 Å². The average Bonchev–Trinajstić information content (AvgIpc) is 2.06. The van der Waals surface area contributed by atoms with Crippen LogP contribution in [-0.2, 0) is 10.2 Å². The molecule has 0 aliphatic carbocycles. The maximum Gasteiger partial charge on any atom is 0.127 e. The first-order valence-corrected chi connectivity index (χ1v) is 5.50. The summed E-state index contributed by atoms with van der Waals surface area (Å²) in [6.07, 6.45) is 0. The van der Waals surface area contributed by atoms with Crippen LogP contribution >= 0.6 is 11.6 Å². The lowest BCUT2D eigenvalue weighted by Gasteiger charge is -2.50. The molecular weight excluding hydrogens is 231 g/mol. The van der Waals surface area contributed by atoms with E-state index in [1.807, 2.05) is 0 Å². The third-order valence-corrected chi connectivity index (χ3v) is 3.55. The lowest BCUT2D eigenvalue weighted by molar-refractivity contribution is -0.158. The van der Waals surface area contributed by atoms with Gasteiger partial charge >= 0.3 is 0 Å². The van der Waals surface area contributed by atoms with Crippen molar-refractivity contribution >= 4 is 11.6 Å². The Morgan fingerprint density at radius 1 is 1.44 bits per heavy atom. The molecule has 4 heteroatoms. The van der Waals surface area contributed by atoms with Gasteiger partial charge < -0.3 is 9.84 Å². The molecule has 2 rings (SSSR count). The van der Waals surface area contributed by atoms with Gasteiger partial charge in [0.15, 0.2) is 0 Å². The van der Waals surface area contributed by atoms with Gasteiger partial charge in [-0.05, 0) is 32.0 Å². The fraction of sp³-hybridized carbons (Fsp3) is 0.500. The van der Waals surface area contributed by atoms with Crippen molar-refractivity contribution in [1.29, 1.82) is 0 Å². The van der Waals surface area contributed by atoms with Crippen LogP contribution in [0.2, 0.25) is 5.02 Å². The largest absolute Gasteiger partial charge is 0.389 e. The highest BCUT2D eigenvalue weighted by molar-refractivity contribution is 6.30. The summed E-state index contributed by atoms with van der Waals surface area (Å²) in [7, 11) is 0. The minimum absolute atomic E-state index is 0.313. The molecule has 0 bridgehead atoms. The van der Waals surface area contributed by atoms with E-state index in [1.54, 1.807) is 19.9 Å². The molecule has 88 valence electrons. The Hall–Kier alpha value is -0.640. The highest BCUT2D eigenvalue weighted by Gasteiger charge is 2.52. The van der Waals surface area contributed by atoms with E-state index in [-0.39, 0.29) is 5.82 Å². The molecular formula is C12H14ClFO2. The Bertz CT molecular complexity index is 408. The lowest BCUT2D eigenvalue weighted by atomic mass is 9.67.